The Morgan fingerprint density at radius 3 is 2.40 bits per heavy atom. The van der Waals surface area contributed by atoms with E-state index in [1.165, 1.54) is 24.3 Å². The third-order valence-electron chi connectivity index (χ3n) is 3.51. The van der Waals surface area contributed by atoms with Gasteiger partial charge in [0, 0.05) is 11.1 Å². The molecule has 1 aromatic rings. The number of hydrogen-bond donors (Lipinski definition) is 2. The second-order valence-electron chi connectivity index (χ2n) is 4.91. The molecule has 1 aliphatic carbocycles. The maximum Gasteiger partial charge on any atom is 0.308 e. The summed E-state index contributed by atoms with van der Waals surface area (Å²) < 4.78 is 27.0. The minimum atomic E-state index is -3.72. The van der Waals surface area contributed by atoms with Gasteiger partial charge in [0.15, 0.2) is 0 Å². The van der Waals surface area contributed by atoms with Crippen LogP contribution in [0.4, 0.5) is 0 Å². The van der Waals surface area contributed by atoms with Crippen molar-refractivity contribution in [2.75, 3.05) is 0 Å². The van der Waals surface area contributed by atoms with Gasteiger partial charge in [-0.3, -0.25) is 4.79 Å². The van der Waals surface area contributed by atoms with Crippen molar-refractivity contribution in [3.05, 3.63) is 29.3 Å². The fraction of sp³-hybridized carbons (Fsp3) is 0.462. The van der Waals surface area contributed by atoms with Gasteiger partial charge in [0.1, 0.15) is 0 Å². The van der Waals surface area contributed by atoms with Crippen LogP contribution in [0.5, 0.6) is 0 Å². The molecule has 2 N–H and O–H groups in total. The normalized spacial score (nSPS) is 23.4. The summed E-state index contributed by atoms with van der Waals surface area (Å²) in [6.45, 7) is 0. The first kappa shape index (κ1) is 15.3. The number of halogens is 1. The molecule has 2 rings (SSSR count). The van der Waals surface area contributed by atoms with Crippen molar-refractivity contribution in [3.63, 3.8) is 0 Å². The highest BCUT2D eigenvalue weighted by Crippen LogP contribution is 2.26. The summed E-state index contributed by atoms with van der Waals surface area (Å²) in [6, 6.07) is 5.24. The van der Waals surface area contributed by atoms with E-state index in [0.717, 1.165) is 12.8 Å². The van der Waals surface area contributed by atoms with Crippen molar-refractivity contribution in [2.45, 2.75) is 36.6 Å². The van der Waals surface area contributed by atoms with Crippen LogP contribution in [0.3, 0.4) is 0 Å². The molecule has 0 amide bonds. The lowest BCUT2D eigenvalue weighted by molar-refractivity contribution is -0.143. The van der Waals surface area contributed by atoms with Gasteiger partial charge in [-0.25, -0.2) is 13.1 Å². The summed E-state index contributed by atoms with van der Waals surface area (Å²) in [5.41, 5.74) is 0. The van der Waals surface area contributed by atoms with E-state index in [4.69, 9.17) is 16.7 Å². The van der Waals surface area contributed by atoms with E-state index < -0.39 is 28.0 Å². The lowest BCUT2D eigenvalue weighted by atomic mass is 9.85. The van der Waals surface area contributed by atoms with Crippen molar-refractivity contribution >= 4 is 27.6 Å². The molecule has 0 aliphatic heterocycles. The molecule has 20 heavy (non-hydrogen) atoms. The Kier molecular flexibility index (Phi) is 4.67. The highest BCUT2D eigenvalue weighted by molar-refractivity contribution is 7.89. The summed E-state index contributed by atoms with van der Waals surface area (Å²) in [7, 11) is -3.72. The van der Waals surface area contributed by atoms with Gasteiger partial charge in [0.25, 0.3) is 0 Å². The lowest BCUT2D eigenvalue weighted by Crippen LogP contribution is -2.44. The van der Waals surface area contributed by atoms with Crippen molar-refractivity contribution < 1.29 is 18.3 Å². The summed E-state index contributed by atoms with van der Waals surface area (Å²) in [5.74, 6) is -1.61. The molecule has 0 radical (unpaired) electrons. The summed E-state index contributed by atoms with van der Waals surface area (Å²) in [6.07, 6.45) is 2.70. The number of carboxylic acid groups (broad SMARTS) is 1. The van der Waals surface area contributed by atoms with Crippen LogP contribution in [-0.4, -0.2) is 25.5 Å². The van der Waals surface area contributed by atoms with E-state index in [1.807, 2.05) is 0 Å². The Hall–Kier alpha value is -1.11. The Balaban J connectivity index is 2.18. The second-order valence-corrected chi connectivity index (χ2v) is 7.06. The maximum absolute atomic E-state index is 12.2. The second kappa shape index (κ2) is 6.11. The fourth-order valence-corrected chi connectivity index (χ4v) is 3.89. The zero-order valence-corrected chi connectivity index (χ0v) is 12.3. The predicted molar refractivity (Wildman–Crippen MR) is 75.2 cm³/mol. The highest BCUT2D eigenvalue weighted by Gasteiger charge is 2.33. The van der Waals surface area contributed by atoms with Crippen molar-refractivity contribution in [3.8, 4) is 0 Å². The zero-order valence-electron chi connectivity index (χ0n) is 10.8. The molecule has 0 unspecified atom stereocenters. The standard InChI is InChI=1S/C13H16ClNO4S/c14-9-5-7-10(8-6-9)20(18,19)15-12-4-2-1-3-11(12)13(16)17/h5-8,11-12,15H,1-4H2,(H,16,17)/t11-,12+/m1/s1. The van der Waals surface area contributed by atoms with Crippen molar-refractivity contribution in [1.82, 2.24) is 4.72 Å². The molecule has 0 bridgehead atoms. The molecular weight excluding hydrogens is 302 g/mol. The van der Waals surface area contributed by atoms with Gasteiger partial charge in [-0.15, -0.1) is 0 Å². The lowest BCUT2D eigenvalue weighted by Gasteiger charge is -2.28. The molecule has 5 nitrogen and oxygen atoms in total. The number of nitrogens with one attached hydrogen (secondary N) is 1. The highest BCUT2D eigenvalue weighted by atomic mass is 35.5. The Morgan fingerprint density at radius 1 is 1.20 bits per heavy atom. The van der Waals surface area contributed by atoms with E-state index in [9.17, 15) is 13.2 Å². The van der Waals surface area contributed by atoms with Crippen LogP contribution in [0, 0.1) is 5.92 Å². The van der Waals surface area contributed by atoms with Gasteiger partial charge < -0.3 is 5.11 Å². The Bertz CT molecular complexity index is 585. The smallest absolute Gasteiger partial charge is 0.308 e. The molecule has 2 atom stereocenters. The minimum Gasteiger partial charge on any atom is -0.481 e. The molecule has 0 heterocycles. The number of rotatable bonds is 4. The van der Waals surface area contributed by atoms with Gasteiger partial charge in [-0.05, 0) is 37.1 Å². The van der Waals surface area contributed by atoms with Crippen LogP contribution >= 0.6 is 11.6 Å². The van der Waals surface area contributed by atoms with Gasteiger partial charge in [-0.2, -0.15) is 0 Å². The predicted octanol–water partition coefficient (Wildman–Crippen LogP) is 2.26. The number of benzene rings is 1. The maximum atomic E-state index is 12.2. The molecule has 0 spiro atoms. The van der Waals surface area contributed by atoms with Crippen LogP contribution in [0.15, 0.2) is 29.2 Å². The molecule has 7 heteroatoms. The fourth-order valence-electron chi connectivity index (χ4n) is 2.45. The first-order chi connectivity index (χ1) is 9.40. The van der Waals surface area contributed by atoms with Gasteiger partial charge in [0.05, 0.1) is 10.8 Å². The average Bonchev–Trinajstić information content (AvgIpc) is 2.39. The largest absolute Gasteiger partial charge is 0.481 e. The van der Waals surface area contributed by atoms with E-state index in [2.05, 4.69) is 4.72 Å². The molecule has 110 valence electrons. The molecule has 1 saturated carbocycles. The monoisotopic (exact) mass is 317 g/mol. The number of sulfonamides is 1. The number of carbonyl (C=O) groups is 1. The minimum absolute atomic E-state index is 0.0941. The summed E-state index contributed by atoms with van der Waals surface area (Å²) in [5, 5.41) is 9.61. The van der Waals surface area contributed by atoms with Gasteiger partial charge >= 0.3 is 5.97 Å². The molecule has 1 aliphatic rings. The summed E-state index contributed by atoms with van der Waals surface area (Å²) >= 11 is 5.73. The van der Waals surface area contributed by atoms with Crippen LogP contribution in [-0.2, 0) is 14.8 Å². The Labute approximate surface area is 123 Å². The van der Waals surface area contributed by atoms with Crippen LogP contribution in [0.25, 0.3) is 0 Å². The van der Waals surface area contributed by atoms with Crippen molar-refractivity contribution in [2.24, 2.45) is 5.92 Å². The molecular formula is C13H16ClNO4S. The third-order valence-corrected chi connectivity index (χ3v) is 5.27. The first-order valence-electron chi connectivity index (χ1n) is 6.41. The summed E-state index contributed by atoms with van der Waals surface area (Å²) in [4.78, 5) is 11.3. The molecule has 0 aromatic heterocycles. The van der Waals surface area contributed by atoms with Crippen LogP contribution in [0.1, 0.15) is 25.7 Å². The van der Waals surface area contributed by atoms with Crippen LogP contribution < -0.4 is 4.72 Å². The number of aliphatic carboxylic acids is 1. The quantitative estimate of drug-likeness (QED) is 0.892. The zero-order chi connectivity index (χ0) is 14.8. The van der Waals surface area contributed by atoms with Gasteiger partial charge in [0.2, 0.25) is 10.0 Å². The van der Waals surface area contributed by atoms with Crippen LogP contribution in [0.2, 0.25) is 5.02 Å². The third kappa shape index (κ3) is 3.50. The molecule has 1 fully saturated rings. The van der Waals surface area contributed by atoms with E-state index in [1.54, 1.807) is 0 Å². The van der Waals surface area contributed by atoms with E-state index in [-0.39, 0.29) is 4.90 Å². The van der Waals surface area contributed by atoms with E-state index in [0.29, 0.717) is 17.9 Å². The molecule has 1 aromatic carbocycles. The number of hydrogen-bond acceptors (Lipinski definition) is 3. The SMILES string of the molecule is O=C(O)[C@@H]1CCCC[C@@H]1NS(=O)(=O)c1ccc(Cl)cc1. The topological polar surface area (TPSA) is 83.5 Å². The number of carboxylic acids is 1. The van der Waals surface area contributed by atoms with Crippen molar-refractivity contribution in [1.29, 1.82) is 0 Å². The molecule has 0 saturated heterocycles. The first-order valence-corrected chi connectivity index (χ1v) is 8.27. The van der Waals surface area contributed by atoms with E-state index >= 15 is 0 Å². The average molecular weight is 318 g/mol. The van der Waals surface area contributed by atoms with Gasteiger partial charge in [-0.1, -0.05) is 24.4 Å². The Morgan fingerprint density at radius 2 is 1.80 bits per heavy atom.